The van der Waals surface area contributed by atoms with Gasteiger partial charge in [0.1, 0.15) is 0 Å². The zero-order chi connectivity index (χ0) is 21.8. The molecule has 1 aromatic heterocycles. The molecular weight excluding hydrogens is 398 g/mol. The monoisotopic (exact) mass is 423 g/mol. The molecule has 31 heavy (non-hydrogen) atoms. The summed E-state index contributed by atoms with van der Waals surface area (Å²) in [5.74, 6) is 0.0939. The molecule has 1 aliphatic heterocycles. The first-order valence-electron chi connectivity index (χ1n) is 10.6. The average molecular weight is 424 g/mol. The number of nitrogens with zero attached hydrogens (tertiary/aromatic N) is 1. The summed E-state index contributed by atoms with van der Waals surface area (Å²) >= 11 is 1.84. The van der Waals surface area contributed by atoms with Crippen LogP contribution in [0.3, 0.4) is 0 Å². The van der Waals surface area contributed by atoms with E-state index in [0.717, 1.165) is 11.1 Å². The predicted molar refractivity (Wildman–Crippen MR) is 131 cm³/mol. The van der Waals surface area contributed by atoms with Crippen molar-refractivity contribution in [1.29, 1.82) is 0 Å². The zero-order valence-electron chi connectivity index (χ0n) is 18.3. The van der Waals surface area contributed by atoms with E-state index in [1.54, 1.807) is 6.92 Å². The molecule has 1 aliphatic rings. The SMILES string of the molecule is CC(=O)c1ccc(C2=C(Sc3ccccc3)C(C)(C)n3c2c(C)c2ccccc23)cc1. The maximum absolute atomic E-state index is 11.8. The molecule has 0 unspecified atom stereocenters. The molecule has 5 rings (SSSR count). The van der Waals surface area contributed by atoms with Crippen LogP contribution in [0, 0.1) is 6.92 Å². The number of allylic oxidation sites excluding steroid dienone is 1. The van der Waals surface area contributed by atoms with Crippen molar-refractivity contribution in [1.82, 2.24) is 4.57 Å². The molecule has 0 fully saturated rings. The number of rotatable bonds is 4. The van der Waals surface area contributed by atoms with Crippen molar-refractivity contribution in [3.8, 4) is 0 Å². The third-order valence-electron chi connectivity index (χ3n) is 6.25. The molecule has 2 heterocycles. The second-order valence-electron chi connectivity index (χ2n) is 8.64. The van der Waals surface area contributed by atoms with Crippen LogP contribution in [0.2, 0.25) is 0 Å². The topological polar surface area (TPSA) is 22.0 Å². The standard InChI is InChI=1S/C28H25NOS/c1-18-23-12-8-9-13-24(23)29-26(18)25(21-16-14-20(15-17-21)19(2)30)27(28(29,3)4)31-22-10-6-5-7-11-22/h5-17H,1-4H3. The predicted octanol–water partition coefficient (Wildman–Crippen LogP) is 7.45. The Morgan fingerprint density at radius 1 is 0.871 bits per heavy atom. The Labute approximate surface area is 187 Å². The summed E-state index contributed by atoms with van der Waals surface area (Å²) < 4.78 is 2.50. The van der Waals surface area contributed by atoms with Crippen LogP contribution >= 0.6 is 11.8 Å². The lowest BCUT2D eigenvalue weighted by atomic mass is 9.95. The van der Waals surface area contributed by atoms with Crippen LogP contribution in [0.15, 0.2) is 88.7 Å². The lowest BCUT2D eigenvalue weighted by molar-refractivity contribution is 0.101. The number of carbonyl (C=O) groups excluding carboxylic acids is 1. The van der Waals surface area contributed by atoms with Gasteiger partial charge in [-0.3, -0.25) is 4.79 Å². The fraction of sp³-hybridized carbons (Fsp3) is 0.179. The summed E-state index contributed by atoms with van der Waals surface area (Å²) in [6.07, 6.45) is 0. The van der Waals surface area contributed by atoms with Crippen molar-refractivity contribution in [2.75, 3.05) is 0 Å². The molecule has 4 aromatic rings. The van der Waals surface area contributed by atoms with Crippen LogP contribution in [0.25, 0.3) is 16.5 Å². The van der Waals surface area contributed by atoms with Crippen LogP contribution < -0.4 is 0 Å². The Kier molecular flexibility index (Phi) is 4.67. The molecule has 3 heteroatoms. The van der Waals surface area contributed by atoms with Gasteiger partial charge in [0.15, 0.2) is 5.78 Å². The number of aryl methyl sites for hydroxylation is 1. The molecule has 3 aromatic carbocycles. The summed E-state index contributed by atoms with van der Waals surface area (Å²) in [6.45, 7) is 8.46. The van der Waals surface area contributed by atoms with E-state index in [4.69, 9.17) is 0 Å². The van der Waals surface area contributed by atoms with E-state index in [0.29, 0.717) is 0 Å². The van der Waals surface area contributed by atoms with E-state index >= 15 is 0 Å². The smallest absolute Gasteiger partial charge is 0.159 e. The maximum Gasteiger partial charge on any atom is 0.159 e. The molecule has 0 amide bonds. The normalized spacial score (nSPS) is 14.8. The number of carbonyl (C=O) groups is 1. The van der Waals surface area contributed by atoms with E-state index in [1.165, 1.54) is 37.5 Å². The summed E-state index contributed by atoms with van der Waals surface area (Å²) in [5, 5.41) is 1.30. The van der Waals surface area contributed by atoms with Gasteiger partial charge in [-0.25, -0.2) is 0 Å². The van der Waals surface area contributed by atoms with Crippen molar-refractivity contribution >= 4 is 34.0 Å². The minimum Gasteiger partial charge on any atom is -0.330 e. The third-order valence-corrected chi connectivity index (χ3v) is 7.67. The van der Waals surface area contributed by atoms with Crippen molar-refractivity contribution in [2.24, 2.45) is 0 Å². The molecule has 0 spiro atoms. The average Bonchev–Trinajstić information content (AvgIpc) is 3.19. The van der Waals surface area contributed by atoms with Crippen LogP contribution in [-0.4, -0.2) is 10.4 Å². The Hall–Kier alpha value is -3.04. The van der Waals surface area contributed by atoms with Gasteiger partial charge < -0.3 is 4.57 Å². The maximum atomic E-state index is 11.8. The fourth-order valence-corrected chi connectivity index (χ4v) is 5.90. The Morgan fingerprint density at radius 2 is 1.52 bits per heavy atom. The van der Waals surface area contributed by atoms with Crippen molar-refractivity contribution in [3.63, 3.8) is 0 Å². The highest BCUT2D eigenvalue weighted by Crippen LogP contribution is 2.54. The van der Waals surface area contributed by atoms with E-state index in [1.807, 2.05) is 23.9 Å². The number of thioether (sulfide) groups is 1. The van der Waals surface area contributed by atoms with E-state index < -0.39 is 0 Å². The van der Waals surface area contributed by atoms with Crippen LogP contribution in [0.5, 0.6) is 0 Å². The van der Waals surface area contributed by atoms with E-state index in [-0.39, 0.29) is 11.3 Å². The first-order valence-corrected chi connectivity index (χ1v) is 11.4. The second kappa shape index (κ2) is 7.28. The highest BCUT2D eigenvalue weighted by molar-refractivity contribution is 8.03. The molecule has 0 saturated carbocycles. The number of hydrogen-bond acceptors (Lipinski definition) is 2. The minimum absolute atomic E-state index is 0.0939. The van der Waals surface area contributed by atoms with Gasteiger partial charge in [0.25, 0.3) is 0 Å². The number of benzene rings is 3. The molecule has 0 radical (unpaired) electrons. The molecular formula is C28H25NOS. The van der Waals surface area contributed by atoms with Crippen molar-refractivity contribution < 1.29 is 4.79 Å². The quantitative estimate of drug-likeness (QED) is 0.318. The van der Waals surface area contributed by atoms with Crippen LogP contribution in [-0.2, 0) is 5.54 Å². The molecule has 2 nitrogen and oxygen atoms in total. The first-order chi connectivity index (χ1) is 14.9. The van der Waals surface area contributed by atoms with Crippen molar-refractivity contribution in [3.05, 3.63) is 106 Å². The van der Waals surface area contributed by atoms with Crippen LogP contribution in [0.4, 0.5) is 0 Å². The highest BCUT2D eigenvalue weighted by atomic mass is 32.2. The molecule has 0 saturated heterocycles. The molecule has 0 bridgehead atoms. The Morgan fingerprint density at radius 3 is 2.19 bits per heavy atom. The molecule has 0 N–H and O–H groups in total. The van der Waals surface area contributed by atoms with Gasteiger partial charge >= 0.3 is 0 Å². The summed E-state index contributed by atoms with van der Waals surface area (Å²) in [6, 6.07) is 27.3. The van der Waals surface area contributed by atoms with Gasteiger partial charge in [-0.05, 0) is 57.0 Å². The summed E-state index contributed by atoms with van der Waals surface area (Å²) in [4.78, 5) is 14.4. The third kappa shape index (κ3) is 3.07. The number of ketones is 1. The second-order valence-corrected chi connectivity index (χ2v) is 9.72. The number of para-hydroxylation sites is 1. The molecule has 0 atom stereocenters. The van der Waals surface area contributed by atoms with E-state index in [2.05, 4.69) is 92.1 Å². The summed E-state index contributed by atoms with van der Waals surface area (Å²) in [5.41, 5.74) is 6.82. The van der Waals surface area contributed by atoms with Gasteiger partial charge in [-0.1, -0.05) is 72.4 Å². The lowest BCUT2D eigenvalue weighted by Crippen LogP contribution is -2.24. The largest absolute Gasteiger partial charge is 0.330 e. The van der Waals surface area contributed by atoms with Gasteiger partial charge in [-0.2, -0.15) is 0 Å². The number of hydrogen-bond donors (Lipinski definition) is 0. The Balaban J connectivity index is 1.80. The zero-order valence-corrected chi connectivity index (χ0v) is 19.1. The minimum atomic E-state index is -0.196. The van der Waals surface area contributed by atoms with Crippen LogP contribution in [0.1, 0.15) is 48.0 Å². The summed E-state index contributed by atoms with van der Waals surface area (Å²) in [7, 11) is 0. The number of fused-ring (bicyclic) bond motifs is 3. The van der Waals surface area contributed by atoms with Gasteiger partial charge in [0.05, 0.1) is 11.2 Å². The van der Waals surface area contributed by atoms with Gasteiger partial charge in [-0.15, -0.1) is 0 Å². The Bertz CT molecular complexity index is 1340. The van der Waals surface area contributed by atoms with Gasteiger partial charge in [0.2, 0.25) is 0 Å². The number of Topliss-reactive ketones (excluding diaryl/α,β-unsaturated/α-hetero) is 1. The molecule has 154 valence electrons. The lowest BCUT2D eigenvalue weighted by Gasteiger charge is -2.27. The highest BCUT2D eigenvalue weighted by Gasteiger charge is 2.41. The first kappa shape index (κ1) is 19.9. The number of aromatic nitrogens is 1. The van der Waals surface area contributed by atoms with Gasteiger partial charge in [0, 0.05) is 31.8 Å². The molecule has 0 aliphatic carbocycles. The van der Waals surface area contributed by atoms with E-state index in [9.17, 15) is 4.79 Å². The fourth-order valence-electron chi connectivity index (χ4n) is 4.72. The van der Waals surface area contributed by atoms with Crippen molar-refractivity contribution in [2.45, 2.75) is 38.1 Å².